The highest BCUT2D eigenvalue weighted by atomic mass is 32.1. The Morgan fingerprint density at radius 3 is 2.57 bits per heavy atom. The van der Waals surface area contributed by atoms with Crippen LogP contribution in [0.2, 0.25) is 0 Å². The van der Waals surface area contributed by atoms with Gasteiger partial charge in [0.05, 0.1) is 11.6 Å². The van der Waals surface area contributed by atoms with E-state index in [-0.39, 0.29) is 6.61 Å². The van der Waals surface area contributed by atoms with Crippen LogP contribution in [0.5, 0.6) is 5.75 Å². The third kappa shape index (κ3) is 4.78. The summed E-state index contributed by atoms with van der Waals surface area (Å²) in [4.78, 5) is 12.5. The molecule has 0 bridgehead atoms. The summed E-state index contributed by atoms with van der Waals surface area (Å²) >= 11 is 5.26. The van der Waals surface area contributed by atoms with Crippen LogP contribution in [-0.2, 0) is 16.1 Å². The van der Waals surface area contributed by atoms with Gasteiger partial charge in [0.15, 0.2) is 5.11 Å². The highest BCUT2D eigenvalue weighted by Crippen LogP contribution is 2.29. The molecule has 0 aromatic heterocycles. The highest BCUT2D eigenvalue weighted by Gasteiger charge is 2.30. The number of rotatable bonds is 7. The van der Waals surface area contributed by atoms with Crippen LogP contribution >= 0.6 is 12.2 Å². The molecule has 0 aliphatic carbocycles. The third-order valence-corrected chi connectivity index (χ3v) is 4.50. The van der Waals surface area contributed by atoms with Crippen molar-refractivity contribution in [2.75, 3.05) is 6.61 Å². The number of carbonyl (C=O) groups excluding carboxylic acids is 1. The van der Waals surface area contributed by atoms with E-state index in [1.807, 2.05) is 61.5 Å². The maximum Gasteiger partial charge on any atom is 0.338 e. The van der Waals surface area contributed by atoms with Crippen LogP contribution in [0, 0.1) is 0 Å². The fourth-order valence-electron chi connectivity index (χ4n) is 2.92. The molecule has 1 atom stereocenters. The molecule has 0 amide bonds. The van der Waals surface area contributed by atoms with Gasteiger partial charge in [-0.05, 0) is 42.4 Å². The van der Waals surface area contributed by atoms with Gasteiger partial charge >= 0.3 is 5.97 Å². The third-order valence-electron chi connectivity index (χ3n) is 4.28. The molecular weight excluding hydrogens is 372 g/mol. The summed E-state index contributed by atoms with van der Waals surface area (Å²) in [5, 5.41) is 6.59. The van der Waals surface area contributed by atoms with E-state index in [1.54, 1.807) is 0 Å². The smallest absolute Gasteiger partial charge is 0.338 e. The molecule has 0 unspecified atom stereocenters. The number of thiocarbonyl (C=S) groups is 1. The maximum absolute atomic E-state index is 12.5. The summed E-state index contributed by atoms with van der Waals surface area (Å²) < 4.78 is 11.1. The highest BCUT2D eigenvalue weighted by molar-refractivity contribution is 7.80. The van der Waals surface area contributed by atoms with Crippen molar-refractivity contribution in [3.05, 3.63) is 89.6 Å². The number of allylic oxidation sites excluding steroid dienone is 1. The van der Waals surface area contributed by atoms with Crippen LogP contribution in [0.1, 0.15) is 24.1 Å². The molecule has 5 nitrogen and oxygen atoms in total. The number of nitrogens with one attached hydrogen (secondary N) is 2. The van der Waals surface area contributed by atoms with Gasteiger partial charge in [0.2, 0.25) is 0 Å². The van der Waals surface area contributed by atoms with Crippen LogP contribution < -0.4 is 15.4 Å². The summed E-state index contributed by atoms with van der Waals surface area (Å²) in [5.74, 6) is 0.343. The van der Waals surface area contributed by atoms with E-state index in [1.165, 1.54) is 6.08 Å². The Morgan fingerprint density at radius 1 is 1.18 bits per heavy atom. The van der Waals surface area contributed by atoms with Gasteiger partial charge in [0.25, 0.3) is 0 Å². The molecule has 0 saturated heterocycles. The summed E-state index contributed by atoms with van der Waals surface area (Å²) in [6.07, 6.45) is 1.54. The second-order valence-corrected chi connectivity index (χ2v) is 6.71. The Balaban J connectivity index is 1.76. The van der Waals surface area contributed by atoms with Gasteiger partial charge in [-0.15, -0.1) is 0 Å². The van der Waals surface area contributed by atoms with Gasteiger partial charge in [-0.25, -0.2) is 4.79 Å². The molecule has 1 heterocycles. The molecule has 144 valence electrons. The monoisotopic (exact) mass is 394 g/mol. The number of hydrogen-bond acceptors (Lipinski definition) is 4. The van der Waals surface area contributed by atoms with Gasteiger partial charge < -0.3 is 20.1 Å². The number of hydrogen-bond donors (Lipinski definition) is 2. The van der Waals surface area contributed by atoms with Crippen molar-refractivity contribution in [3.8, 4) is 5.75 Å². The molecule has 0 fully saturated rings. The van der Waals surface area contributed by atoms with E-state index in [9.17, 15) is 4.79 Å². The normalized spacial score (nSPS) is 16.0. The SMILES string of the molecule is C=CCOC(=O)C1=C(C)NC(=S)N[C@H]1c1ccc(OCc2ccccc2)cc1. The van der Waals surface area contributed by atoms with E-state index in [4.69, 9.17) is 21.7 Å². The summed E-state index contributed by atoms with van der Waals surface area (Å²) in [7, 11) is 0. The molecule has 3 rings (SSSR count). The van der Waals surface area contributed by atoms with Crippen molar-refractivity contribution in [1.29, 1.82) is 0 Å². The van der Waals surface area contributed by atoms with E-state index in [2.05, 4.69) is 17.2 Å². The Labute approximate surface area is 170 Å². The van der Waals surface area contributed by atoms with Crippen LogP contribution in [0.15, 0.2) is 78.5 Å². The average molecular weight is 394 g/mol. The van der Waals surface area contributed by atoms with Gasteiger partial charge in [-0.2, -0.15) is 0 Å². The molecule has 1 aliphatic rings. The summed E-state index contributed by atoms with van der Waals surface area (Å²) in [5.41, 5.74) is 3.16. The second kappa shape index (κ2) is 9.19. The molecule has 0 saturated carbocycles. The Morgan fingerprint density at radius 2 is 1.89 bits per heavy atom. The Kier molecular flexibility index (Phi) is 6.45. The van der Waals surface area contributed by atoms with Crippen molar-refractivity contribution in [2.24, 2.45) is 0 Å². The first kappa shape index (κ1) is 19.6. The van der Waals surface area contributed by atoms with E-state index < -0.39 is 12.0 Å². The molecule has 2 aromatic rings. The summed E-state index contributed by atoms with van der Waals surface area (Å²) in [6.45, 7) is 6.03. The molecule has 6 heteroatoms. The lowest BCUT2D eigenvalue weighted by Crippen LogP contribution is -2.45. The predicted octanol–water partition coefficient (Wildman–Crippen LogP) is 3.79. The molecular formula is C22H22N2O3S. The van der Waals surface area contributed by atoms with E-state index >= 15 is 0 Å². The fraction of sp³-hybridized carbons (Fsp3) is 0.182. The van der Waals surface area contributed by atoms with Gasteiger partial charge in [-0.3, -0.25) is 0 Å². The van der Waals surface area contributed by atoms with Crippen molar-refractivity contribution >= 4 is 23.3 Å². The number of carbonyl (C=O) groups is 1. The van der Waals surface area contributed by atoms with Crippen molar-refractivity contribution in [2.45, 2.75) is 19.6 Å². The molecule has 28 heavy (non-hydrogen) atoms. The predicted molar refractivity (Wildman–Crippen MR) is 113 cm³/mol. The van der Waals surface area contributed by atoms with Crippen LogP contribution in [0.25, 0.3) is 0 Å². The topological polar surface area (TPSA) is 59.6 Å². The zero-order valence-corrected chi connectivity index (χ0v) is 16.4. The fourth-order valence-corrected chi connectivity index (χ4v) is 3.20. The standard InChI is InChI=1S/C22H22N2O3S/c1-3-13-26-21(25)19-15(2)23-22(28)24-20(19)17-9-11-18(12-10-17)27-14-16-7-5-4-6-8-16/h3-12,20H,1,13-14H2,2H3,(H2,23,24,28)/t20-/m0/s1. The number of ether oxygens (including phenoxy) is 2. The van der Waals surface area contributed by atoms with Crippen molar-refractivity contribution in [3.63, 3.8) is 0 Å². The van der Waals surface area contributed by atoms with Crippen LogP contribution in [0.4, 0.5) is 0 Å². The Hall–Kier alpha value is -3.12. The molecule has 0 radical (unpaired) electrons. The Bertz CT molecular complexity index is 892. The lowest BCUT2D eigenvalue weighted by molar-refractivity contribution is -0.138. The zero-order chi connectivity index (χ0) is 19.9. The maximum atomic E-state index is 12.5. The van der Waals surface area contributed by atoms with Gasteiger partial charge in [-0.1, -0.05) is 55.1 Å². The molecule has 2 N–H and O–H groups in total. The van der Waals surface area contributed by atoms with Crippen LogP contribution in [-0.4, -0.2) is 17.7 Å². The quantitative estimate of drug-likeness (QED) is 0.423. The van der Waals surface area contributed by atoms with E-state index in [0.717, 1.165) is 16.9 Å². The van der Waals surface area contributed by atoms with Crippen LogP contribution in [0.3, 0.4) is 0 Å². The van der Waals surface area contributed by atoms with Gasteiger partial charge in [0.1, 0.15) is 19.0 Å². The van der Waals surface area contributed by atoms with Crippen molar-refractivity contribution < 1.29 is 14.3 Å². The minimum absolute atomic E-state index is 0.152. The summed E-state index contributed by atoms with van der Waals surface area (Å²) in [6, 6.07) is 17.2. The lowest BCUT2D eigenvalue weighted by atomic mass is 9.95. The second-order valence-electron chi connectivity index (χ2n) is 6.30. The minimum Gasteiger partial charge on any atom is -0.489 e. The molecule has 0 spiro atoms. The van der Waals surface area contributed by atoms with Crippen molar-refractivity contribution in [1.82, 2.24) is 10.6 Å². The first-order chi connectivity index (χ1) is 13.6. The number of esters is 1. The van der Waals surface area contributed by atoms with Gasteiger partial charge in [0, 0.05) is 5.70 Å². The minimum atomic E-state index is -0.408. The largest absolute Gasteiger partial charge is 0.489 e. The van der Waals surface area contributed by atoms with E-state index in [0.29, 0.717) is 23.0 Å². The first-order valence-electron chi connectivity index (χ1n) is 8.91. The average Bonchev–Trinajstić information content (AvgIpc) is 2.71. The lowest BCUT2D eigenvalue weighted by Gasteiger charge is -2.29. The molecule has 1 aliphatic heterocycles. The number of benzene rings is 2. The first-order valence-corrected chi connectivity index (χ1v) is 9.32. The zero-order valence-electron chi connectivity index (χ0n) is 15.6. The molecule has 2 aromatic carbocycles.